The van der Waals surface area contributed by atoms with Crippen molar-refractivity contribution in [2.45, 2.75) is 63.3 Å². The highest BCUT2D eigenvalue weighted by Crippen LogP contribution is 2.41. The Kier molecular flexibility index (Phi) is 7.86. The van der Waals surface area contributed by atoms with Crippen LogP contribution in [0.15, 0.2) is 49.1 Å². The lowest BCUT2D eigenvalue weighted by atomic mass is 9.82. The highest BCUT2D eigenvalue weighted by molar-refractivity contribution is 7.15. The van der Waals surface area contributed by atoms with Gasteiger partial charge in [-0.05, 0) is 73.9 Å². The van der Waals surface area contributed by atoms with Gasteiger partial charge in [-0.3, -0.25) is 9.89 Å². The van der Waals surface area contributed by atoms with Crippen LogP contribution in [0.25, 0.3) is 10.4 Å². The highest BCUT2D eigenvalue weighted by Gasteiger charge is 2.38. The van der Waals surface area contributed by atoms with Gasteiger partial charge in [0.25, 0.3) is 0 Å². The molecule has 3 aromatic heterocycles. The normalized spacial score (nSPS) is 19.4. The van der Waals surface area contributed by atoms with Crippen molar-refractivity contribution in [1.29, 1.82) is 0 Å². The summed E-state index contributed by atoms with van der Waals surface area (Å²) in [6.07, 6.45) is 4.88. The quantitative estimate of drug-likeness (QED) is 0.227. The minimum absolute atomic E-state index is 0.0000279. The van der Waals surface area contributed by atoms with Gasteiger partial charge in [0.2, 0.25) is 11.9 Å². The van der Waals surface area contributed by atoms with E-state index in [-0.39, 0.29) is 17.9 Å². The summed E-state index contributed by atoms with van der Waals surface area (Å²) in [4.78, 5) is 25.2. The Bertz CT molecular complexity index is 1470. The highest BCUT2D eigenvalue weighted by atomic mass is 32.1. The third-order valence-corrected chi connectivity index (χ3v) is 8.08. The maximum Gasteiger partial charge on any atom is 0.433 e. The summed E-state index contributed by atoms with van der Waals surface area (Å²) in [5, 5.41) is 24.5. The molecule has 4 N–H and O–H groups in total. The van der Waals surface area contributed by atoms with Crippen molar-refractivity contribution >= 4 is 28.9 Å². The summed E-state index contributed by atoms with van der Waals surface area (Å²) >= 11 is 1.38. The number of benzene rings is 1. The van der Waals surface area contributed by atoms with Gasteiger partial charge < -0.3 is 15.7 Å². The molecule has 0 aliphatic heterocycles. The largest absolute Gasteiger partial charge is 0.433 e. The second-order valence-electron chi connectivity index (χ2n) is 9.99. The van der Waals surface area contributed by atoms with Crippen molar-refractivity contribution in [2.24, 2.45) is 0 Å². The number of alkyl halides is 3. The van der Waals surface area contributed by atoms with Gasteiger partial charge in [-0.15, -0.1) is 11.3 Å². The van der Waals surface area contributed by atoms with Crippen molar-refractivity contribution in [1.82, 2.24) is 30.5 Å². The molecule has 1 aliphatic rings. The van der Waals surface area contributed by atoms with Crippen molar-refractivity contribution in [3.8, 4) is 10.4 Å². The number of aromatic nitrogens is 5. The van der Waals surface area contributed by atoms with E-state index in [1.54, 1.807) is 30.7 Å². The van der Waals surface area contributed by atoms with E-state index >= 15 is 0 Å². The second-order valence-corrected chi connectivity index (χ2v) is 11.0. The van der Waals surface area contributed by atoms with Gasteiger partial charge in [-0.25, -0.2) is 15.0 Å². The Morgan fingerprint density at radius 3 is 2.73 bits per heavy atom. The molecular formula is C27H28F3N7O2S. The number of aryl methyl sites for hydroxylation is 2. The third kappa shape index (κ3) is 6.65. The number of aromatic amines is 1. The Morgan fingerprint density at radius 2 is 2.00 bits per heavy atom. The summed E-state index contributed by atoms with van der Waals surface area (Å²) in [5.74, 6) is -0.177. The van der Waals surface area contributed by atoms with E-state index < -0.39 is 17.5 Å². The van der Waals surface area contributed by atoms with Crippen LogP contribution in [-0.2, 0) is 23.0 Å². The fourth-order valence-electron chi connectivity index (χ4n) is 4.75. The molecule has 13 heteroatoms. The molecule has 1 aromatic carbocycles. The summed E-state index contributed by atoms with van der Waals surface area (Å²) in [5.41, 5.74) is 1.09. The number of nitrogens with one attached hydrogen (secondary N) is 3. The van der Waals surface area contributed by atoms with Crippen LogP contribution in [0.1, 0.15) is 53.9 Å². The number of halogens is 3. The minimum Gasteiger partial charge on any atom is -0.383 e. The monoisotopic (exact) mass is 571 g/mol. The Hall–Kier alpha value is -3.84. The first-order valence-electron chi connectivity index (χ1n) is 12.8. The topological polar surface area (TPSA) is 129 Å². The molecule has 9 nitrogen and oxygen atoms in total. The van der Waals surface area contributed by atoms with Gasteiger partial charge in [0.15, 0.2) is 0 Å². The number of hydrogen-bond acceptors (Lipinski definition) is 8. The predicted octanol–water partition coefficient (Wildman–Crippen LogP) is 5.27. The van der Waals surface area contributed by atoms with Gasteiger partial charge in [0, 0.05) is 36.7 Å². The molecule has 4 aromatic rings. The van der Waals surface area contributed by atoms with Crippen LogP contribution in [0, 0.1) is 6.92 Å². The molecule has 0 unspecified atom stereocenters. The van der Waals surface area contributed by atoms with Crippen LogP contribution < -0.4 is 10.6 Å². The smallest absolute Gasteiger partial charge is 0.383 e. The molecule has 1 aliphatic carbocycles. The number of H-pyrrole nitrogens is 1. The standard InChI is InChI=1S/C27H28F3N7O2S/c1-16-10-18(12-20(11-16)36-25-31-9-6-22(37-25)27(28,29)30)21-15-32-24(40-21)26(39)7-4-19(5-8-26)35-23(38)3-2-17-13-33-34-14-17/h6,9-15,19,39H,2-5,7-8H2,1H3,(H,33,34)(H,35,38)(H,31,36,37)/t19-,26-. The molecule has 5 rings (SSSR count). The predicted molar refractivity (Wildman–Crippen MR) is 144 cm³/mol. The minimum atomic E-state index is -4.57. The second kappa shape index (κ2) is 11.3. The number of amides is 1. The molecule has 0 spiro atoms. The number of nitrogens with zero attached hydrogens (tertiary/aromatic N) is 4. The SMILES string of the molecule is Cc1cc(Nc2nccc(C(F)(F)F)n2)cc(-c2cnc([C@]3(O)CC[C@H](NC(=O)CCc4cn[nH]c4)CC3)s2)c1. The molecular weight excluding hydrogens is 543 g/mol. The average Bonchev–Trinajstić information content (AvgIpc) is 3.62. The van der Waals surface area contributed by atoms with E-state index in [9.17, 15) is 23.1 Å². The lowest BCUT2D eigenvalue weighted by Gasteiger charge is -2.34. The zero-order chi connectivity index (χ0) is 28.3. The molecule has 1 saturated carbocycles. The van der Waals surface area contributed by atoms with E-state index in [2.05, 4.69) is 35.8 Å². The van der Waals surface area contributed by atoms with Gasteiger partial charge in [0.1, 0.15) is 16.3 Å². The first-order valence-corrected chi connectivity index (χ1v) is 13.6. The number of thiazole rings is 1. The van der Waals surface area contributed by atoms with Crippen LogP contribution in [-0.4, -0.2) is 42.2 Å². The molecule has 0 saturated heterocycles. The summed E-state index contributed by atoms with van der Waals surface area (Å²) in [7, 11) is 0. The van der Waals surface area contributed by atoms with Gasteiger partial charge in [0.05, 0.1) is 11.1 Å². The van der Waals surface area contributed by atoms with Crippen LogP contribution in [0.3, 0.4) is 0 Å². The van der Waals surface area contributed by atoms with E-state index in [0.29, 0.717) is 49.2 Å². The lowest BCUT2D eigenvalue weighted by molar-refractivity contribution is -0.141. The molecule has 0 atom stereocenters. The first-order chi connectivity index (χ1) is 19.1. The summed E-state index contributed by atoms with van der Waals surface area (Å²) in [6.45, 7) is 1.88. The van der Waals surface area contributed by atoms with E-state index in [1.807, 2.05) is 13.0 Å². The van der Waals surface area contributed by atoms with E-state index in [0.717, 1.165) is 33.8 Å². The molecule has 210 valence electrons. The maximum absolute atomic E-state index is 13.0. The molecule has 0 bridgehead atoms. The first kappa shape index (κ1) is 27.7. The number of rotatable bonds is 8. The summed E-state index contributed by atoms with van der Waals surface area (Å²) < 4.78 is 39.1. The number of carbonyl (C=O) groups is 1. The fourth-order valence-corrected chi connectivity index (χ4v) is 5.80. The number of anilines is 2. The van der Waals surface area contributed by atoms with Crippen molar-refractivity contribution in [2.75, 3.05) is 5.32 Å². The maximum atomic E-state index is 13.0. The zero-order valence-corrected chi connectivity index (χ0v) is 22.4. The van der Waals surface area contributed by atoms with Crippen LogP contribution in [0.2, 0.25) is 0 Å². The number of aliphatic hydroxyl groups is 1. The van der Waals surface area contributed by atoms with E-state index in [1.165, 1.54) is 11.3 Å². The Morgan fingerprint density at radius 1 is 1.20 bits per heavy atom. The fraction of sp³-hybridized carbons (Fsp3) is 0.370. The Balaban J connectivity index is 1.22. The number of hydrogen-bond donors (Lipinski definition) is 4. The zero-order valence-electron chi connectivity index (χ0n) is 21.6. The van der Waals surface area contributed by atoms with Crippen molar-refractivity contribution in [3.63, 3.8) is 0 Å². The molecule has 3 heterocycles. The van der Waals surface area contributed by atoms with Crippen molar-refractivity contribution in [3.05, 3.63) is 70.9 Å². The van der Waals surface area contributed by atoms with Gasteiger partial charge in [-0.1, -0.05) is 6.07 Å². The van der Waals surface area contributed by atoms with Crippen molar-refractivity contribution < 1.29 is 23.1 Å². The summed E-state index contributed by atoms with van der Waals surface area (Å²) in [6, 6.07) is 6.33. The van der Waals surface area contributed by atoms with E-state index in [4.69, 9.17) is 0 Å². The van der Waals surface area contributed by atoms with Crippen LogP contribution in [0.5, 0.6) is 0 Å². The lowest BCUT2D eigenvalue weighted by Crippen LogP contribution is -2.42. The molecule has 1 fully saturated rings. The van der Waals surface area contributed by atoms with Crippen LogP contribution in [0.4, 0.5) is 24.8 Å². The van der Waals surface area contributed by atoms with Gasteiger partial charge in [-0.2, -0.15) is 18.3 Å². The third-order valence-electron chi connectivity index (χ3n) is 6.84. The Labute approximate surface area is 232 Å². The number of carbonyl (C=O) groups excluding carboxylic acids is 1. The van der Waals surface area contributed by atoms with Gasteiger partial charge >= 0.3 is 6.18 Å². The molecule has 0 radical (unpaired) electrons. The molecule has 40 heavy (non-hydrogen) atoms. The van der Waals surface area contributed by atoms with Crippen LogP contribution >= 0.6 is 11.3 Å². The molecule has 1 amide bonds. The average molecular weight is 572 g/mol.